The zero-order chi connectivity index (χ0) is 27.7. The summed E-state index contributed by atoms with van der Waals surface area (Å²) in [5.74, 6) is 1.48. The van der Waals surface area contributed by atoms with Gasteiger partial charge in [-0.25, -0.2) is 15.0 Å². The number of methoxy groups -OCH3 is 2. The SMILES string of the molecule is COc1cc(OC)c(Cl)c(-c2cc3cnc(Nc4c(C)cccc4NC(C)=O)nc3c(NC3COC3)n2)c1Cl. The van der Waals surface area contributed by atoms with Gasteiger partial charge in [-0.1, -0.05) is 35.3 Å². The van der Waals surface area contributed by atoms with Gasteiger partial charge >= 0.3 is 0 Å². The molecule has 1 aliphatic rings. The minimum absolute atomic E-state index is 0.0656. The molecule has 0 aliphatic carbocycles. The van der Waals surface area contributed by atoms with Crippen molar-refractivity contribution in [3.8, 4) is 22.8 Å². The van der Waals surface area contributed by atoms with Gasteiger partial charge in [-0.05, 0) is 24.6 Å². The number of carbonyl (C=O) groups excluding carboxylic acids is 1. The topological polar surface area (TPSA) is 120 Å². The summed E-state index contributed by atoms with van der Waals surface area (Å²) in [5.41, 5.74) is 3.78. The van der Waals surface area contributed by atoms with Crippen molar-refractivity contribution >= 4 is 63.2 Å². The van der Waals surface area contributed by atoms with Gasteiger partial charge in [0.25, 0.3) is 0 Å². The highest BCUT2D eigenvalue weighted by Crippen LogP contribution is 2.46. The quantitative estimate of drug-likeness (QED) is 0.241. The molecule has 39 heavy (non-hydrogen) atoms. The second-order valence-electron chi connectivity index (χ2n) is 8.95. The van der Waals surface area contributed by atoms with Gasteiger partial charge < -0.3 is 30.2 Å². The van der Waals surface area contributed by atoms with Crippen LogP contribution < -0.4 is 25.4 Å². The van der Waals surface area contributed by atoms with Gasteiger partial charge in [0.2, 0.25) is 11.9 Å². The van der Waals surface area contributed by atoms with E-state index in [1.807, 2.05) is 31.2 Å². The van der Waals surface area contributed by atoms with Crippen molar-refractivity contribution < 1.29 is 19.0 Å². The first-order chi connectivity index (χ1) is 18.8. The van der Waals surface area contributed by atoms with E-state index in [1.54, 1.807) is 12.3 Å². The molecule has 202 valence electrons. The third kappa shape index (κ3) is 5.36. The molecular weight excluding hydrogens is 543 g/mol. The molecule has 5 rings (SSSR count). The molecule has 0 radical (unpaired) electrons. The molecule has 12 heteroatoms. The van der Waals surface area contributed by atoms with E-state index < -0.39 is 0 Å². The fourth-order valence-electron chi connectivity index (χ4n) is 4.19. The van der Waals surface area contributed by atoms with Crippen LogP contribution in [0, 0.1) is 6.92 Å². The molecule has 0 spiro atoms. The fourth-order valence-corrected chi connectivity index (χ4v) is 4.88. The van der Waals surface area contributed by atoms with Crippen molar-refractivity contribution in [1.82, 2.24) is 15.0 Å². The van der Waals surface area contributed by atoms with Crippen molar-refractivity contribution in [3.63, 3.8) is 0 Å². The molecule has 1 fully saturated rings. The lowest BCUT2D eigenvalue weighted by atomic mass is 10.1. The van der Waals surface area contributed by atoms with Crippen LogP contribution >= 0.6 is 23.2 Å². The minimum Gasteiger partial charge on any atom is -0.495 e. The highest BCUT2D eigenvalue weighted by molar-refractivity contribution is 6.41. The first-order valence-corrected chi connectivity index (χ1v) is 12.8. The monoisotopic (exact) mass is 568 g/mol. The molecule has 2 aromatic carbocycles. The van der Waals surface area contributed by atoms with Gasteiger partial charge in [0.05, 0.1) is 60.6 Å². The number of pyridine rings is 1. The molecule has 10 nitrogen and oxygen atoms in total. The van der Waals surface area contributed by atoms with Crippen LogP contribution in [0.4, 0.5) is 23.1 Å². The maximum Gasteiger partial charge on any atom is 0.227 e. The van der Waals surface area contributed by atoms with E-state index in [0.717, 1.165) is 5.56 Å². The first-order valence-electron chi connectivity index (χ1n) is 12.1. The van der Waals surface area contributed by atoms with Crippen LogP contribution in [-0.2, 0) is 9.53 Å². The summed E-state index contributed by atoms with van der Waals surface area (Å²) in [7, 11) is 3.04. The molecule has 3 heterocycles. The average Bonchev–Trinajstić information content (AvgIpc) is 2.88. The Morgan fingerprint density at radius 1 is 1.08 bits per heavy atom. The third-order valence-electron chi connectivity index (χ3n) is 6.19. The number of aromatic nitrogens is 3. The van der Waals surface area contributed by atoms with E-state index in [9.17, 15) is 4.79 Å². The smallest absolute Gasteiger partial charge is 0.227 e. The first kappa shape index (κ1) is 26.7. The largest absolute Gasteiger partial charge is 0.495 e. The van der Waals surface area contributed by atoms with Crippen molar-refractivity contribution in [2.24, 2.45) is 0 Å². The van der Waals surface area contributed by atoms with E-state index >= 15 is 0 Å². The maximum absolute atomic E-state index is 11.7. The minimum atomic E-state index is -0.180. The van der Waals surface area contributed by atoms with Crippen LogP contribution in [0.25, 0.3) is 22.2 Å². The standard InChI is InChI=1S/C27H26Cl2N6O4/c1-13-6-5-7-17(31-14(2)36)24(13)34-27-30-10-15-8-18(33-26(25(15)35-27)32-16-11-39-12-16)21-22(28)19(37-3)9-20(38-4)23(21)29/h5-10,16H,11-12H2,1-4H3,(H,31,36)(H,32,33)(H,30,34,35). The van der Waals surface area contributed by atoms with E-state index in [1.165, 1.54) is 21.1 Å². The number of aryl methyl sites for hydroxylation is 1. The van der Waals surface area contributed by atoms with Crippen molar-refractivity contribution in [2.75, 3.05) is 43.4 Å². The number of anilines is 4. The number of hydrogen-bond acceptors (Lipinski definition) is 9. The highest BCUT2D eigenvalue weighted by atomic mass is 35.5. The Morgan fingerprint density at radius 3 is 2.41 bits per heavy atom. The third-order valence-corrected chi connectivity index (χ3v) is 6.95. The van der Waals surface area contributed by atoms with Gasteiger partial charge in [-0.3, -0.25) is 4.79 Å². The van der Waals surface area contributed by atoms with Crippen molar-refractivity contribution in [1.29, 1.82) is 0 Å². The van der Waals surface area contributed by atoms with Gasteiger partial charge in [0.15, 0.2) is 5.82 Å². The molecule has 2 aromatic heterocycles. The number of benzene rings is 2. The van der Waals surface area contributed by atoms with E-state index in [2.05, 4.69) is 20.9 Å². The summed E-state index contributed by atoms with van der Waals surface area (Å²) in [4.78, 5) is 25.9. The predicted molar refractivity (Wildman–Crippen MR) is 153 cm³/mol. The van der Waals surface area contributed by atoms with Crippen molar-refractivity contribution in [2.45, 2.75) is 19.9 Å². The van der Waals surface area contributed by atoms with E-state index in [-0.39, 0.29) is 11.9 Å². The number of nitrogens with one attached hydrogen (secondary N) is 3. The van der Waals surface area contributed by atoms with Gasteiger partial charge in [-0.2, -0.15) is 0 Å². The zero-order valence-electron chi connectivity index (χ0n) is 21.7. The second kappa shape index (κ2) is 11.1. The molecule has 0 bridgehead atoms. The number of amides is 1. The number of carbonyl (C=O) groups is 1. The van der Waals surface area contributed by atoms with Crippen LogP contribution in [0.1, 0.15) is 12.5 Å². The van der Waals surface area contributed by atoms with Crippen LogP contribution in [0.5, 0.6) is 11.5 Å². The van der Waals surface area contributed by atoms with Gasteiger partial charge in [0.1, 0.15) is 17.0 Å². The average molecular weight is 569 g/mol. The lowest BCUT2D eigenvalue weighted by molar-refractivity contribution is -0.114. The Balaban J connectivity index is 1.63. The Bertz CT molecular complexity index is 1550. The number of ether oxygens (including phenoxy) is 3. The normalized spacial score (nSPS) is 13.1. The van der Waals surface area contributed by atoms with Gasteiger partial charge in [-0.15, -0.1) is 0 Å². The van der Waals surface area contributed by atoms with Gasteiger partial charge in [0, 0.05) is 30.1 Å². The summed E-state index contributed by atoms with van der Waals surface area (Å²) in [5, 5.41) is 10.8. The van der Waals surface area contributed by atoms with Crippen molar-refractivity contribution in [3.05, 3.63) is 52.1 Å². The summed E-state index contributed by atoms with van der Waals surface area (Å²) < 4.78 is 16.2. The van der Waals surface area contributed by atoms with E-state index in [4.69, 9.17) is 47.4 Å². The Labute approximate surface area is 235 Å². The second-order valence-corrected chi connectivity index (χ2v) is 9.71. The Kier molecular flexibility index (Phi) is 7.60. The number of rotatable bonds is 8. The summed E-state index contributed by atoms with van der Waals surface area (Å²) in [6.07, 6.45) is 1.69. The van der Waals surface area contributed by atoms with Crippen LogP contribution in [0.15, 0.2) is 36.5 Å². The summed E-state index contributed by atoms with van der Waals surface area (Å²) >= 11 is 13.4. The zero-order valence-corrected chi connectivity index (χ0v) is 23.2. The molecule has 1 saturated heterocycles. The molecule has 3 N–H and O–H groups in total. The predicted octanol–water partition coefficient (Wildman–Crippen LogP) is 5.84. The molecule has 0 unspecified atom stereocenters. The number of hydrogen-bond donors (Lipinski definition) is 3. The fraction of sp³-hybridized carbons (Fsp3) is 0.259. The summed E-state index contributed by atoms with van der Waals surface area (Å²) in [6, 6.07) is 9.11. The molecule has 1 amide bonds. The number of para-hydroxylation sites is 1. The van der Waals surface area contributed by atoms with Crippen LogP contribution in [0.2, 0.25) is 10.0 Å². The Morgan fingerprint density at radius 2 is 1.79 bits per heavy atom. The van der Waals surface area contributed by atoms with Crippen LogP contribution in [0.3, 0.4) is 0 Å². The summed E-state index contributed by atoms with van der Waals surface area (Å²) in [6.45, 7) is 4.48. The number of halogens is 2. The highest BCUT2D eigenvalue weighted by Gasteiger charge is 2.24. The molecule has 1 aliphatic heterocycles. The molecular formula is C27H26Cl2N6O4. The van der Waals surface area contributed by atoms with Crippen LogP contribution in [-0.4, -0.2) is 54.3 Å². The molecule has 0 saturated carbocycles. The molecule has 4 aromatic rings. The molecule has 0 atom stereocenters. The lowest BCUT2D eigenvalue weighted by Crippen LogP contribution is -2.40. The lowest BCUT2D eigenvalue weighted by Gasteiger charge is -2.28. The number of fused-ring (bicyclic) bond motifs is 1. The maximum atomic E-state index is 11.7. The Hall–Kier alpha value is -3.86. The van der Waals surface area contributed by atoms with E-state index in [0.29, 0.717) is 80.1 Å². The number of nitrogens with zero attached hydrogens (tertiary/aromatic N) is 3.